The fourth-order valence-corrected chi connectivity index (χ4v) is 3.46. The molecule has 1 aliphatic rings. The first-order valence-electron chi connectivity index (χ1n) is 8.12. The van der Waals surface area contributed by atoms with E-state index in [0.717, 1.165) is 10.9 Å². The number of amides is 2. The van der Waals surface area contributed by atoms with Gasteiger partial charge in [0.25, 0.3) is 5.91 Å². The molecular weight excluding hydrogens is 404 g/mol. The van der Waals surface area contributed by atoms with Gasteiger partial charge in [0.15, 0.2) is 0 Å². The first-order chi connectivity index (χ1) is 12.1. The summed E-state index contributed by atoms with van der Waals surface area (Å²) in [5, 5.41) is 6.06. The number of hydrogen-bond acceptors (Lipinski definition) is 2. The summed E-state index contributed by atoms with van der Waals surface area (Å²) in [6.07, 6.45) is 0.869. The predicted octanol–water partition coefficient (Wildman–Crippen LogP) is 3.75. The quantitative estimate of drug-likeness (QED) is 0.698. The van der Waals surface area contributed by atoms with Crippen molar-refractivity contribution in [3.8, 4) is 0 Å². The predicted molar refractivity (Wildman–Crippen MR) is 102 cm³/mol. The van der Waals surface area contributed by atoms with E-state index in [1.54, 1.807) is 24.3 Å². The van der Waals surface area contributed by atoms with Gasteiger partial charge in [0.2, 0.25) is 5.91 Å². The molecule has 4 nitrogen and oxygen atoms in total. The molecule has 0 aromatic heterocycles. The van der Waals surface area contributed by atoms with Crippen molar-refractivity contribution in [2.45, 2.75) is 12.3 Å². The fraction of sp³-hybridized carbons (Fsp3) is 0.263. The lowest BCUT2D eigenvalue weighted by Crippen LogP contribution is -2.35. The highest BCUT2D eigenvalue weighted by molar-refractivity contribution is 9.10. The molecule has 2 aromatic rings. The minimum absolute atomic E-state index is 0.0218. The standard InChI is InChI=1S/C19H18BrClN2O2/c20-13-5-3-4-12(10-13)15-11-16(15)19(25)23-9-8-22-18(24)14-6-1-2-7-17(14)21/h1-7,10,15-16H,8-9,11H2,(H,22,24)(H,23,25). The molecular formula is C19H18BrClN2O2. The molecule has 2 atom stereocenters. The van der Waals surface area contributed by atoms with E-state index in [-0.39, 0.29) is 23.7 Å². The van der Waals surface area contributed by atoms with E-state index < -0.39 is 0 Å². The lowest BCUT2D eigenvalue weighted by atomic mass is 10.1. The van der Waals surface area contributed by atoms with Gasteiger partial charge in [-0.15, -0.1) is 0 Å². The Morgan fingerprint density at radius 2 is 1.84 bits per heavy atom. The maximum atomic E-state index is 12.2. The lowest BCUT2D eigenvalue weighted by molar-refractivity contribution is -0.122. The second-order valence-electron chi connectivity index (χ2n) is 6.03. The number of rotatable bonds is 6. The minimum Gasteiger partial charge on any atom is -0.354 e. The average Bonchev–Trinajstić information content (AvgIpc) is 3.39. The van der Waals surface area contributed by atoms with Crippen LogP contribution in [0.4, 0.5) is 0 Å². The zero-order chi connectivity index (χ0) is 17.8. The first-order valence-corrected chi connectivity index (χ1v) is 9.29. The molecule has 2 N–H and O–H groups in total. The molecule has 0 saturated heterocycles. The van der Waals surface area contributed by atoms with Crippen molar-refractivity contribution in [3.63, 3.8) is 0 Å². The van der Waals surface area contributed by atoms with Crippen LogP contribution in [0.15, 0.2) is 53.0 Å². The molecule has 1 fully saturated rings. The SMILES string of the molecule is O=C(NCCNC(=O)C1CC1c1cccc(Br)c1)c1ccccc1Cl. The van der Waals surface area contributed by atoms with E-state index in [2.05, 4.69) is 32.6 Å². The maximum Gasteiger partial charge on any atom is 0.252 e. The third-order valence-electron chi connectivity index (χ3n) is 4.23. The molecule has 3 rings (SSSR count). The van der Waals surface area contributed by atoms with Crippen molar-refractivity contribution in [2.24, 2.45) is 5.92 Å². The Labute approximate surface area is 160 Å². The summed E-state index contributed by atoms with van der Waals surface area (Å²) in [7, 11) is 0. The Hall–Kier alpha value is -1.85. The Bertz CT molecular complexity index is 796. The summed E-state index contributed by atoms with van der Waals surface area (Å²) in [5.74, 6) is 0.110. The van der Waals surface area contributed by atoms with Crippen molar-refractivity contribution in [1.82, 2.24) is 10.6 Å². The summed E-state index contributed by atoms with van der Waals surface area (Å²) in [6, 6.07) is 14.9. The van der Waals surface area contributed by atoms with E-state index in [0.29, 0.717) is 23.7 Å². The van der Waals surface area contributed by atoms with Gasteiger partial charge >= 0.3 is 0 Å². The van der Waals surface area contributed by atoms with Gasteiger partial charge in [-0.3, -0.25) is 9.59 Å². The number of hydrogen-bond donors (Lipinski definition) is 2. The molecule has 0 bridgehead atoms. The van der Waals surface area contributed by atoms with Gasteiger partial charge in [0, 0.05) is 23.5 Å². The Balaban J connectivity index is 1.41. The molecule has 6 heteroatoms. The largest absolute Gasteiger partial charge is 0.354 e. The van der Waals surface area contributed by atoms with Gasteiger partial charge in [-0.2, -0.15) is 0 Å². The second-order valence-corrected chi connectivity index (χ2v) is 7.35. The molecule has 0 aliphatic heterocycles. The van der Waals surface area contributed by atoms with Gasteiger partial charge in [-0.25, -0.2) is 0 Å². The normalized spacial score (nSPS) is 18.5. The van der Waals surface area contributed by atoms with E-state index in [9.17, 15) is 9.59 Å². The van der Waals surface area contributed by atoms with Crippen LogP contribution >= 0.6 is 27.5 Å². The van der Waals surface area contributed by atoms with Crippen LogP contribution in [-0.2, 0) is 4.79 Å². The van der Waals surface area contributed by atoms with Crippen LogP contribution in [0.2, 0.25) is 5.02 Å². The lowest BCUT2D eigenvalue weighted by Gasteiger charge is -2.08. The molecule has 25 heavy (non-hydrogen) atoms. The van der Waals surface area contributed by atoms with Crippen LogP contribution in [0.5, 0.6) is 0 Å². The Morgan fingerprint density at radius 3 is 2.60 bits per heavy atom. The van der Waals surface area contributed by atoms with Crippen LogP contribution in [0, 0.1) is 5.92 Å². The Morgan fingerprint density at radius 1 is 1.08 bits per heavy atom. The van der Waals surface area contributed by atoms with Crippen LogP contribution in [-0.4, -0.2) is 24.9 Å². The van der Waals surface area contributed by atoms with Crippen molar-refractivity contribution in [2.75, 3.05) is 13.1 Å². The van der Waals surface area contributed by atoms with Crippen LogP contribution in [0.25, 0.3) is 0 Å². The van der Waals surface area contributed by atoms with Crippen molar-refractivity contribution >= 4 is 39.3 Å². The first kappa shape index (κ1) is 18.0. The van der Waals surface area contributed by atoms with Crippen LogP contribution < -0.4 is 10.6 Å². The fourth-order valence-electron chi connectivity index (χ4n) is 2.82. The summed E-state index contributed by atoms with van der Waals surface area (Å²) < 4.78 is 1.03. The summed E-state index contributed by atoms with van der Waals surface area (Å²) >= 11 is 9.44. The summed E-state index contributed by atoms with van der Waals surface area (Å²) in [4.78, 5) is 24.2. The van der Waals surface area contributed by atoms with Gasteiger partial charge in [-0.1, -0.05) is 51.8 Å². The van der Waals surface area contributed by atoms with Crippen LogP contribution in [0.1, 0.15) is 28.3 Å². The average molecular weight is 422 g/mol. The molecule has 2 aromatic carbocycles. The molecule has 0 heterocycles. The van der Waals surface area contributed by atoms with Gasteiger partial charge < -0.3 is 10.6 Å². The zero-order valence-corrected chi connectivity index (χ0v) is 15.8. The number of benzene rings is 2. The zero-order valence-electron chi connectivity index (χ0n) is 13.5. The third kappa shape index (κ3) is 4.61. The topological polar surface area (TPSA) is 58.2 Å². The highest BCUT2D eigenvalue weighted by Crippen LogP contribution is 2.47. The van der Waals surface area contributed by atoms with Crippen molar-refractivity contribution < 1.29 is 9.59 Å². The highest BCUT2D eigenvalue weighted by Gasteiger charge is 2.43. The van der Waals surface area contributed by atoms with E-state index in [1.807, 2.05) is 18.2 Å². The number of carbonyl (C=O) groups is 2. The molecule has 2 unspecified atom stereocenters. The smallest absolute Gasteiger partial charge is 0.252 e. The van der Waals surface area contributed by atoms with Gasteiger partial charge in [0.05, 0.1) is 10.6 Å². The summed E-state index contributed by atoms with van der Waals surface area (Å²) in [6.45, 7) is 0.765. The van der Waals surface area contributed by atoms with Gasteiger partial charge in [0.1, 0.15) is 0 Å². The van der Waals surface area contributed by atoms with Crippen molar-refractivity contribution in [3.05, 3.63) is 69.2 Å². The van der Waals surface area contributed by atoms with E-state index in [1.165, 1.54) is 5.56 Å². The van der Waals surface area contributed by atoms with Crippen molar-refractivity contribution in [1.29, 1.82) is 0 Å². The third-order valence-corrected chi connectivity index (χ3v) is 5.06. The molecule has 1 saturated carbocycles. The monoisotopic (exact) mass is 420 g/mol. The maximum absolute atomic E-state index is 12.2. The van der Waals surface area contributed by atoms with E-state index in [4.69, 9.17) is 11.6 Å². The number of carbonyl (C=O) groups excluding carboxylic acids is 2. The molecule has 2 amide bonds. The molecule has 1 aliphatic carbocycles. The van der Waals surface area contributed by atoms with E-state index >= 15 is 0 Å². The second kappa shape index (κ2) is 8.02. The summed E-state index contributed by atoms with van der Waals surface area (Å²) in [5.41, 5.74) is 1.62. The molecule has 0 radical (unpaired) electrons. The number of nitrogens with one attached hydrogen (secondary N) is 2. The Kier molecular flexibility index (Phi) is 5.76. The van der Waals surface area contributed by atoms with Crippen LogP contribution in [0.3, 0.4) is 0 Å². The minimum atomic E-state index is -0.238. The highest BCUT2D eigenvalue weighted by atomic mass is 79.9. The molecule has 130 valence electrons. The van der Waals surface area contributed by atoms with Gasteiger partial charge in [-0.05, 0) is 42.2 Å². The molecule has 0 spiro atoms. The number of halogens is 2.